The molecule has 1 N–H and O–H groups in total. The van der Waals surface area contributed by atoms with Crippen LogP contribution in [0.2, 0.25) is 0 Å². The van der Waals surface area contributed by atoms with E-state index < -0.39 is 26.0 Å². The number of carbonyl (C=O) groups is 1. The van der Waals surface area contributed by atoms with E-state index in [1.165, 1.54) is 13.8 Å². The van der Waals surface area contributed by atoms with Gasteiger partial charge in [-0.25, -0.2) is 8.42 Å². The van der Waals surface area contributed by atoms with Crippen molar-refractivity contribution in [1.82, 2.24) is 5.32 Å². The van der Waals surface area contributed by atoms with Gasteiger partial charge in [0.1, 0.15) is 10.3 Å². The fraction of sp³-hybridized carbons (Fsp3) is 0.818. The van der Waals surface area contributed by atoms with Crippen LogP contribution in [0.1, 0.15) is 39.5 Å². The Balaban J connectivity index is 2.90. The molecule has 1 fully saturated rings. The Kier molecular flexibility index (Phi) is 3.53. The Morgan fingerprint density at radius 3 is 2.18 bits per heavy atom. The average Bonchev–Trinajstić information content (AvgIpc) is 2.65. The Morgan fingerprint density at radius 2 is 1.82 bits per heavy atom. The number of nitrogens with zero attached hydrogens (tertiary/aromatic N) is 1. The van der Waals surface area contributed by atoms with E-state index in [2.05, 4.69) is 11.4 Å². The van der Waals surface area contributed by atoms with E-state index >= 15 is 0 Å². The topological polar surface area (TPSA) is 87.0 Å². The van der Waals surface area contributed by atoms with E-state index in [9.17, 15) is 13.2 Å². The van der Waals surface area contributed by atoms with Gasteiger partial charge in [-0.2, -0.15) is 5.26 Å². The molecule has 0 aromatic rings. The normalized spacial score (nSPS) is 19.6. The zero-order valence-electron chi connectivity index (χ0n) is 10.4. The molecule has 0 radical (unpaired) electrons. The van der Waals surface area contributed by atoms with Crippen LogP contribution in [-0.2, 0) is 14.6 Å². The van der Waals surface area contributed by atoms with E-state index in [1.807, 2.05) is 0 Å². The standard InChI is InChI=1S/C11H18N2O3S/c1-10(2,17(3,15)16)9(14)13-11(8-12)6-4-5-7-11/h4-7H2,1-3H3,(H,13,14). The Morgan fingerprint density at radius 1 is 1.35 bits per heavy atom. The molecule has 0 spiro atoms. The van der Waals surface area contributed by atoms with E-state index in [1.54, 1.807) is 0 Å². The molecule has 0 aromatic heterocycles. The minimum atomic E-state index is -3.50. The van der Waals surface area contributed by atoms with Crippen molar-refractivity contribution >= 4 is 15.7 Å². The molecular weight excluding hydrogens is 240 g/mol. The predicted octanol–water partition coefficient (Wildman–Crippen LogP) is 0.762. The van der Waals surface area contributed by atoms with E-state index in [4.69, 9.17) is 5.26 Å². The van der Waals surface area contributed by atoms with Crippen LogP contribution in [0.15, 0.2) is 0 Å². The SMILES string of the molecule is CC(C)(C(=O)NC1(C#N)CCCC1)S(C)(=O)=O. The molecule has 0 bridgehead atoms. The highest BCUT2D eigenvalue weighted by Crippen LogP contribution is 2.30. The van der Waals surface area contributed by atoms with Crippen molar-refractivity contribution in [1.29, 1.82) is 5.26 Å². The van der Waals surface area contributed by atoms with Gasteiger partial charge in [0.15, 0.2) is 9.84 Å². The van der Waals surface area contributed by atoms with Crippen molar-refractivity contribution < 1.29 is 13.2 Å². The summed E-state index contributed by atoms with van der Waals surface area (Å²) in [6.45, 7) is 2.72. The highest BCUT2D eigenvalue weighted by Gasteiger charge is 2.44. The number of hydrogen-bond acceptors (Lipinski definition) is 4. The summed E-state index contributed by atoms with van der Waals surface area (Å²) in [6, 6.07) is 2.11. The first-order valence-corrected chi connectivity index (χ1v) is 7.47. The number of amides is 1. The zero-order chi connectivity index (χ0) is 13.3. The summed E-state index contributed by atoms with van der Waals surface area (Å²) in [5, 5.41) is 11.7. The molecule has 5 nitrogen and oxygen atoms in total. The highest BCUT2D eigenvalue weighted by molar-refractivity contribution is 7.92. The number of nitriles is 1. The largest absolute Gasteiger partial charge is 0.336 e. The summed E-state index contributed by atoms with van der Waals surface area (Å²) >= 11 is 0. The molecule has 1 saturated carbocycles. The van der Waals surface area contributed by atoms with Crippen molar-refractivity contribution in [3.05, 3.63) is 0 Å². The minimum Gasteiger partial charge on any atom is -0.336 e. The van der Waals surface area contributed by atoms with Gasteiger partial charge in [0.2, 0.25) is 5.91 Å². The van der Waals surface area contributed by atoms with Crippen LogP contribution in [-0.4, -0.2) is 30.9 Å². The Bertz CT molecular complexity index is 454. The summed E-state index contributed by atoms with van der Waals surface area (Å²) < 4.78 is 21.5. The van der Waals surface area contributed by atoms with Gasteiger partial charge in [-0.15, -0.1) is 0 Å². The lowest BCUT2D eigenvalue weighted by Gasteiger charge is -2.28. The molecule has 1 aliphatic carbocycles. The smallest absolute Gasteiger partial charge is 0.242 e. The van der Waals surface area contributed by atoms with Gasteiger partial charge >= 0.3 is 0 Å². The van der Waals surface area contributed by atoms with Gasteiger partial charge in [0, 0.05) is 6.26 Å². The number of carbonyl (C=O) groups excluding carboxylic acids is 1. The maximum absolute atomic E-state index is 12.0. The van der Waals surface area contributed by atoms with E-state index in [0.29, 0.717) is 12.8 Å². The molecular formula is C11H18N2O3S. The second-order valence-corrected chi connectivity index (χ2v) is 7.70. The number of rotatable bonds is 3. The van der Waals surface area contributed by atoms with Crippen molar-refractivity contribution in [3.8, 4) is 6.07 Å². The number of hydrogen-bond donors (Lipinski definition) is 1. The quantitative estimate of drug-likeness (QED) is 0.809. The predicted molar refractivity (Wildman–Crippen MR) is 63.9 cm³/mol. The van der Waals surface area contributed by atoms with Crippen molar-refractivity contribution in [3.63, 3.8) is 0 Å². The van der Waals surface area contributed by atoms with Gasteiger partial charge in [-0.1, -0.05) is 0 Å². The zero-order valence-corrected chi connectivity index (χ0v) is 11.2. The third-order valence-corrected chi connectivity index (χ3v) is 5.54. The van der Waals surface area contributed by atoms with Crippen LogP contribution in [0.25, 0.3) is 0 Å². The first-order valence-electron chi connectivity index (χ1n) is 5.58. The summed E-state index contributed by atoms with van der Waals surface area (Å²) in [5.41, 5.74) is -0.876. The van der Waals surface area contributed by atoms with Crippen LogP contribution in [0.5, 0.6) is 0 Å². The van der Waals surface area contributed by atoms with Gasteiger partial charge in [0.05, 0.1) is 6.07 Å². The van der Waals surface area contributed by atoms with Gasteiger partial charge in [-0.05, 0) is 39.5 Å². The monoisotopic (exact) mass is 258 g/mol. The molecule has 0 heterocycles. The summed E-state index contributed by atoms with van der Waals surface area (Å²) in [7, 11) is -3.50. The second-order valence-electron chi connectivity index (χ2n) is 5.14. The molecule has 1 rings (SSSR count). The first-order chi connectivity index (χ1) is 7.65. The number of nitrogens with one attached hydrogen (secondary N) is 1. The first kappa shape index (κ1) is 14.0. The van der Waals surface area contributed by atoms with E-state index in [-0.39, 0.29) is 0 Å². The van der Waals surface area contributed by atoms with Crippen molar-refractivity contribution in [2.75, 3.05) is 6.26 Å². The maximum Gasteiger partial charge on any atom is 0.242 e. The average molecular weight is 258 g/mol. The fourth-order valence-corrected chi connectivity index (χ4v) is 2.17. The maximum atomic E-state index is 12.0. The molecule has 17 heavy (non-hydrogen) atoms. The second kappa shape index (κ2) is 4.30. The Labute approximate surface area is 102 Å². The molecule has 96 valence electrons. The molecule has 1 amide bonds. The lowest BCUT2D eigenvalue weighted by molar-refractivity contribution is -0.124. The van der Waals surface area contributed by atoms with Crippen LogP contribution in [0.3, 0.4) is 0 Å². The lowest BCUT2D eigenvalue weighted by Crippen LogP contribution is -2.55. The molecule has 1 aliphatic rings. The van der Waals surface area contributed by atoms with Gasteiger partial charge in [-0.3, -0.25) is 4.79 Å². The fourth-order valence-electron chi connectivity index (χ4n) is 1.78. The summed E-state index contributed by atoms with van der Waals surface area (Å²) in [6.07, 6.45) is 3.98. The van der Waals surface area contributed by atoms with E-state index in [0.717, 1.165) is 19.1 Å². The van der Waals surface area contributed by atoms with Crippen LogP contribution >= 0.6 is 0 Å². The number of sulfone groups is 1. The third-order valence-electron chi connectivity index (χ3n) is 3.50. The molecule has 0 aromatic carbocycles. The third kappa shape index (κ3) is 2.60. The van der Waals surface area contributed by atoms with Crippen molar-refractivity contribution in [2.45, 2.75) is 49.8 Å². The molecule has 0 atom stereocenters. The highest BCUT2D eigenvalue weighted by atomic mass is 32.2. The summed E-state index contributed by atoms with van der Waals surface area (Å²) in [5.74, 6) is -0.594. The van der Waals surface area contributed by atoms with Gasteiger partial charge in [0.25, 0.3) is 0 Å². The Hall–Kier alpha value is -1.09. The lowest BCUT2D eigenvalue weighted by atomic mass is 9.98. The molecule has 0 unspecified atom stereocenters. The van der Waals surface area contributed by atoms with Crippen LogP contribution in [0, 0.1) is 11.3 Å². The summed E-state index contributed by atoms with van der Waals surface area (Å²) in [4.78, 5) is 12.0. The molecule has 6 heteroatoms. The minimum absolute atomic E-state index is 0.592. The molecule has 0 aliphatic heterocycles. The van der Waals surface area contributed by atoms with Gasteiger partial charge < -0.3 is 5.32 Å². The van der Waals surface area contributed by atoms with Crippen molar-refractivity contribution in [2.24, 2.45) is 0 Å². The van der Waals surface area contributed by atoms with Crippen LogP contribution < -0.4 is 5.32 Å². The molecule has 0 saturated heterocycles. The van der Waals surface area contributed by atoms with Crippen LogP contribution in [0.4, 0.5) is 0 Å².